The van der Waals surface area contributed by atoms with Gasteiger partial charge in [0.2, 0.25) is 0 Å². The van der Waals surface area contributed by atoms with E-state index >= 15 is 0 Å². The van der Waals surface area contributed by atoms with Crippen LogP contribution in [0.4, 0.5) is 0 Å². The summed E-state index contributed by atoms with van der Waals surface area (Å²) in [5, 5.41) is 8.79. The minimum absolute atomic E-state index is 0.0478. The number of nitrogens with one attached hydrogen (secondary N) is 1. The lowest BCUT2D eigenvalue weighted by atomic mass is 10.2. The monoisotopic (exact) mass is 467 g/mol. The predicted octanol–water partition coefficient (Wildman–Crippen LogP) is 4.40. The number of benzene rings is 1. The quantitative estimate of drug-likeness (QED) is 0.640. The Morgan fingerprint density at radius 2 is 1.88 bits per heavy atom. The maximum Gasteiger partial charge on any atom is 0.262 e. The van der Waals surface area contributed by atoms with E-state index in [0.29, 0.717) is 19.5 Å². The maximum atomic E-state index is 12.3. The van der Waals surface area contributed by atoms with Crippen LogP contribution in [0.5, 0.6) is 0 Å². The molecule has 1 N–H and O–H groups in total. The smallest absolute Gasteiger partial charge is 0.262 e. The van der Waals surface area contributed by atoms with Gasteiger partial charge in [0.15, 0.2) is 0 Å². The summed E-state index contributed by atoms with van der Waals surface area (Å²) in [6.07, 6.45) is 0.496. The Hall–Kier alpha value is -1.30. The van der Waals surface area contributed by atoms with Gasteiger partial charge in [0.25, 0.3) is 5.56 Å². The molecule has 0 radical (unpaired) electrons. The number of halogens is 1. The second-order valence-corrected chi connectivity index (χ2v) is 8.43. The molecule has 0 fully saturated rings. The lowest BCUT2D eigenvalue weighted by Gasteiger charge is -2.20. The molecule has 0 unspecified atom stereocenters. The molecule has 1 aromatic heterocycles. The van der Waals surface area contributed by atoms with Crippen molar-refractivity contribution in [3.05, 3.63) is 54.5 Å². The molecule has 0 saturated carbocycles. The third kappa shape index (κ3) is 5.33. The van der Waals surface area contributed by atoms with Crippen LogP contribution in [0.25, 0.3) is 0 Å². The topological polar surface area (TPSA) is 59.9 Å². The van der Waals surface area contributed by atoms with Gasteiger partial charge in [0, 0.05) is 40.6 Å². The minimum Gasteiger partial charge on any atom is -0.325 e. The summed E-state index contributed by atoms with van der Waals surface area (Å²) in [7, 11) is 2.00. The maximum absolute atomic E-state index is 12.3. The van der Waals surface area contributed by atoms with E-state index in [9.17, 15) is 4.79 Å². The number of nitriles is 1. The van der Waals surface area contributed by atoms with Crippen LogP contribution >= 0.6 is 34.4 Å². The zero-order valence-corrected chi connectivity index (χ0v) is 17.9. The molecule has 0 aliphatic carbocycles. The van der Waals surface area contributed by atoms with Crippen molar-refractivity contribution in [2.75, 3.05) is 13.6 Å². The average molecular weight is 467 g/mol. The summed E-state index contributed by atoms with van der Waals surface area (Å²) in [4.78, 5) is 19.5. The van der Waals surface area contributed by atoms with E-state index in [-0.39, 0.29) is 5.56 Å². The lowest BCUT2D eigenvalue weighted by molar-refractivity contribution is 0.331. The van der Waals surface area contributed by atoms with Gasteiger partial charge in [-0.1, -0.05) is 17.8 Å². The number of hydrogen-bond donors (Lipinski definition) is 1. The molecular weight excluding hydrogens is 445 g/mol. The molecule has 2 aromatic rings. The Morgan fingerprint density at radius 3 is 2.48 bits per heavy atom. The van der Waals surface area contributed by atoms with Crippen LogP contribution in [0.1, 0.15) is 28.8 Å². The lowest BCUT2D eigenvalue weighted by Crippen LogP contribution is -2.23. The second-order valence-electron chi connectivity index (χ2n) is 6.27. The molecule has 132 valence electrons. The molecule has 4 nitrogen and oxygen atoms in total. The molecule has 0 saturated heterocycles. The van der Waals surface area contributed by atoms with Gasteiger partial charge in [-0.2, -0.15) is 5.26 Å². The van der Waals surface area contributed by atoms with Crippen molar-refractivity contribution >= 4 is 34.4 Å². The highest BCUT2D eigenvalue weighted by Crippen LogP contribution is 2.35. The van der Waals surface area contributed by atoms with Gasteiger partial charge in [0.1, 0.15) is 0 Å². The highest BCUT2D eigenvalue weighted by molar-refractivity contribution is 14.1. The fourth-order valence-electron chi connectivity index (χ4n) is 2.70. The van der Waals surface area contributed by atoms with Crippen LogP contribution < -0.4 is 5.56 Å². The Kier molecular flexibility index (Phi) is 7.11. The largest absolute Gasteiger partial charge is 0.325 e. The van der Waals surface area contributed by atoms with Gasteiger partial charge < -0.3 is 9.88 Å². The minimum atomic E-state index is -0.0478. The summed E-state index contributed by atoms with van der Waals surface area (Å²) in [6, 6.07) is 8.62. The number of nitrogens with zero attached hydrogens (tertiary/aromatic N) is 2. The van der Waals surface area contributed by atoms with Gasteiger partial charge in [-0.25, -0.2) is 0 Å². The number of H-pyrrole nitrogens is 1. The molecule has 0 spiro atoms. The number of hydrogen-bond acceptors (Lipinski definition) is 4. The normalized spacial score (nSPS) is 10.9. The average Bonchev–Trinajstić information content (AvgIpc) is 2.53. The van der Waals surface area contributed by atoms with Crippen molar-refractivity contribution in [1.82, 2.24) is 9.88 Å². The zero-order valence-electron chi connectivity index (χ0n) is 14.9. The van der Waals surface area contributed by atoms with E-state index in [1.54, 1.807) is 11.8 Å². The summed E-state index contributed by atoms with van der Waals surface area (Å²) >= 11 is 3.78. The molecule has 0 aliphatic rings. The summed E-state index contributed by atoms with van der Waals surface area (Å²) in [5.41, 5.74) is 4.39. The molecular formula is C19H22IN3OS. The van der Waals surface area contributed by atoms with Crippen molar-refractivity contribution < 1.29 is 0 Å². The Morgan fingerprint density at radius 1 is 1.24 bits per heavy atom. The summed E-state index contributed by atoms with van der Waals surface area (Å²) in [6.45, 7) is 7.52. The van der Waals surface area contributed by atoms with Crippen molar-refractivity contribution in [3.8, 4) is 6.07 Å². The Labute approximate surface area is 166 Å². The standard InChI is InChI=1S/C19H22IN3OS/c1-12-8-13(2)10-15(9-12)25-18-16(11-23(4)7-5-6-21)14(3)22-19(24)17(18)20/h8-10H,5,7,11H2,1-4H3,(H,22,24). The van der Waals surface area contributed by atoms with E-state index in [0.717, 1.165) is 24.6 Å². The number of aromatic nitrogens is 1. The molecule has 0 amide bonds. The molecule has 1 aromatic carbocycles. The highest BCUT2D eigenvalue weighted by Gasteiger charge is 2.17. The predicted molar refractivity (Wildman–Crippen MR) is 111 cm³/mol. The van der Waals surface area contributed by atoms with Crippen molar-refractivity contribution in [1.29, 1.82) is 5.26 Å². The van der Waals surface area contributed by atoms with Crippen LogP contribution in [-0.4, -0.2) is 23.5 Å². The van der Waals surface area contributed by atoms with Crippen molar-refractivity contribution in [2.45, 2.75) is 43.5 Å². The highest BCUT2D eigenvalue weighted by atomic mass is 127. The first-order chi connectivity index (χ1) is 11.8. The van der Waals surface area contributed by atoms with Gasteiger partial charge in [0.05, 0.1) is 9.64 Å². The van der Waals surface area contributed by atoms with E-state index in [2.05, 4.69) is 70.6 Å². The zero-order chi connectivity index (χ0) is 18.6. The first kappa shape index (κ1) is 20.0. The number of aryl methyl sites for hydroxylation is 3. The van der Waals surface area contributed by atoms with Crippen LogP contribution in [0.3, 0.4) is 0 Å². The van der Waals surface area contributed by atoms with Gasteiger partial charge in [-0.3, -0.25) is 4.79 Å². The fraction of sp³-hybridized carbons (Fsp3) is 0.368. The SMILES string of the molecule is Cc1cc(C)cc(Sc2c(CN(C)CCC#N)c(C)[nH]c(=O)c2I)c1. The molecule has 6 heteroatoms. The first-order valence-corrected chi connectivity index (χ1v) is 9.94. The van der Waals surface area contributed by atoms with Gasteiger partial charge in [-0.05, 0) is 73.7 Å². The van der Waals surface area contributed by atoms with Crippen molar-refractivity contribution in [3.63, 3.8) is 0 Å². The summed E-state index contributed by atoms with van der Waals surface area (Å²) < 4.78 is 0.719. The number of pyridine rings is 1. The third-order valence-corrected chi connectivity index (χ3v) is 6.40. The van der Waals surface area contributed by atoms with Gasteiger partial charge >= 0.3 is 0 Å². The Bertz CT molecular complexity index is 850. The van der Waals surface area contributed by atoms with E-state index < -0.39 is 0 Å². The molecule has 0 aliphatic heterocycles. The third-order valence-electron chi connectivity index (χ3n) is 3.87. The number of aromatic amines is 1. The van der Waals surface area contributed by atoms with Crippen LogP contribution in [0.2, 0.25) is 0 Å². The van der Waals surface area contributed by atoms with E-state index in [1.165, 1.54) is 11.1 Å². The molecule has 1 heterocycles. The van der Waals surface area contributed by atoms with E-state index in [1.807, 2.05) is 14.0 Å². The fourth-order valence-corrected chi connectivity index (χ4v) is 4.74. The summed E-state index contributed by atoms with van der Waals surface area (Å²) in [5.74, 6) is 0. The number of rotatable bonds is 6. The van der Waals surface area contributed by atoms with Crippen molar-refractivity contribution in [2.24, 2.45) is 0 Å². The molecule has 25 heavy (non-hydrogen) atoms. The van der Waals surface area contributed by atoms with Crippen LogP contribution in [0.15, 0.2) is 32.8 Å². The van der Waals surface area contributed by atoms with Crippen LogP contribution in [-0.2, 0) is 6.54 Å². The molecule has 0 atom stereocenters. The second kappa shape index (κ2) is 8.88. The van der Waals surface area contributed by atoms with Gasteiger partial charge in [-0.15, -0.1) is 0 Å². The van der Waals surface area contributed by atoms with Crippen LogP contribution in [0, 0.1) is 35.7 Å². The molecule has 0 bridgehead atoms. The Balaban J connectivity index is 2.44. The first-order valence-electron chi connectivity index (χ1n) is 8.04. The molecule has 2 rings (SSSR count). The van der Waals surface area contributed by atoms with E-state index in [4.69, 9.17) is 5.26 Å².